The van der Waals surface area contributed by atoms with Crippen molar-refractivity contribution in [1.29, 1.82) is 0 Å². The van der Waals surface area contributed by atoms with Gasteiger partial charge in [0, 0.05) is 43.1 Å². The summed E-state index contributed by atoms with van der Waals surface area (Å²) in [7, 11) is 0. The number of pyridine rings is 2. The van der Waals surface area contributed by atoms with Crippen LogP contribution in [0.4, 0.5) is 4.39 Å². The Morgan fingerprint density at radius 1 is 1.08 bits per heavy atom. The molecule has 9 heteroatoms. The van der Waals surface area contributed by atoms with Crippen LogP contribution in [0.5, 0.6) is 0 Å². The topological polar surface area (TPSA) is 77.9 Å². The van der Waals surface area contributed by atoms with E-state index in [1.807, 2.05) is 35.4 Å². The second kappa shape index (κ2) is 8.62. The first kappa shape index (κ1) is 22.4. The van der Waals surface area contributed by atoms with Gasteiger partial charge in [0.2, 0.25) is 0 Å². The van der Waals surface area contributed by atoms with Gasteiger partial charge in [-0.1, -0.05) is 11.3 Å². The molecule has 8 rings (SSSR count). The fraction of sp³-hybridized carbons (Fsp3) is 0.357. The lowest BCUT2D eigenvalue weighted by atomic mass is 9.80. The van der Waals surface area contributed by atoms with Gasteiger partial charge >= 0.3 is 0 Å². The van der Waals surface area contributed by atoms with Crippen LogP contribution in [0.1, 0.15) is 36.1 Å². The number of halogens is 1. The van der Waals surface area contributed by atoms with Crippen LogP contribution in [0.15, 0.2) is 67.6 Å². The number of aromatic nitrogens is 7. The van der Waals surface area contributed by atoms with Crippen molar-refractivity contribution < 1.29 is 4.39 Å². The van der Waals surface area contributed by atoms with Crippen molar-refractivity contribution in [3.8, 4) is 16.9 Å². The van der Waals surface area contributed by atoms with Crippen molar-refractivity contribution in [2.24, 2.45) is 11.8 Å². The Hall–Kier alpha value is -3.85. The maximum absolute atomic E-state index is 14.1. The first-order valence-electron chi connectivity index (χ1n) is 12.9. The number of rotatable bonds is 8. The molecule has 0 radical (unpaired) electrons. The molecule has 5 heterocycles. The van der Waals surface area contributed by atoms with Gasteiger partial charge in [0.25, 0.3) is 0 Å². The third-order valence-corrected chi connectivity index (χ3v) is 7.87. The molecule has 2 bridgehead atoms. The van der Waals surface area contributed by atoms with E-state index >= 15 is 0 Å². The molecule has 1 N–H and O–H groups in total. The molecule has 3 fully saturated rings. The highest BCUT2D eigenvalue weighted by Crippen LogP contribution is 2.57. The summed E-state index contributed by atoms with van der Waals surface area (Å²) in [5, 5.41) is 12.2. The molecule has 3 aliphatic carbocycles. The quantitative estimate of drug-likeness (QED) is 0.345. The van der Waals surface area contributed by atoms with Gasteiger partial charge < -0.3 is 14.3 Å². The van der Waals surface area contributed by atoms with Gasteiger partial charge in [0.15, 0.2) is 0 Å². The highest BCUT2D eigenvalue weighted by atomic mass is 19.1. The van der Waals surface area contributed by atoms with Crippen molar-refractivity contribution in [1.82, 2.24) is 39.2 Å². The zero-order valence-electron chi connectivity index (χ0n) is 20.8. The standard InChI is InChI=1S/C28H29FN8/c1-19-4-5-35(14-19)25-6-21(11-31-13-25)26-18-37(34-33-26)17-24-16-36-15-20(2-3-27(36)32-24)10-30-12-23-9-28(29)7-22(23)8-28/h2-6,11,13-16,18,22-23,30H,7-10,12,17H2,1H3. The monoisotopic (exact) mass is 496 g/mol. The molecule has 1 unspecified atom stereocenters. The van der Waals surface area contributed by atoms with Crippen LogP contribution in [0.3, 0.4) is 0 Å². The zero-order valence-corrected chi connectivity index (χ0v) is 20.8. The highest BCUT2D eigenvalue weighted by Gasteiger charge is 2.56. The summed E-state index contributed by atoms with van der Waals surface area (Å²) in [5.41, 5.74) is 6.01. The molecule has 0 amide bonds. The van der Waals surface area contributed by atoms with E-state index < -0.39 is 5.67 Å². The summed E-state index contributed by atoms with van der Waals surface area (Å²) in [4.78, 5) is 9.14. The lowest BCUT2D eigenvalue weighted by Crippen LogP contribution is -2.30. The Balaban J connectivity index is 1.01. The molecule has 5 aromatic heterocycles. The molecule has 1 atom stereocenters. The molecular weight excluding hydrogens is 467 g/mol. The van der Waals surface area contributed by atoms with Crippen molar-refractivity contribution in [2.75, 3.05) is 6.54 Å². The van der Waals surface area contributed by atoms with E-state index in [1.165, 1.54) is 11.1 Å². The number of aryl methyl sites for hydroxylation is 1. The van der Waals surface area contributed by atoms with E-state index in [0.29, 0.717) is 18.4 Å². The van der Waals surface area contributed by atoms with E-state index in [2.05, 4.69) is 62.5 Å². The minimum atomic E-state index is -0.850. The van der Waals surface area contributed by atoms with Gasteiger partial charge in [-0.05, 0) is 73.9 Å². The lowest BCUT2D eigenvalue weighted by Gasteiger charge is -2.30. The van der Waals surface area contributed by atoms with Gasteiger partial charge in [0.05, 0.1) is 30.3 Å². The van der Waals surface area contributed by atoms with Crippen LogP contribution in [0, 0.1) is 18.8 Å². The average molecular weight is 497 g/mol. The maximum Gasteiger partial charge on any atom is 0.137 e. The van der Waals surface area contributed by atoms with E-state index in [-0.39, 0.29) is 0 Å². The Bertz CT molecular complexity index is 1570. The van der Waals surface area contributed by atoms with Gasteiger partial charge in [0.1, 0.15) is 17.0 Å². The van der Waals surface area contributed by atoms with Crippen molar-refractivity contribution in [2.45, 2.75) is 44.9 Å². The smallest absolute Gasteiger partial charge is 0.137 e. The molecule has 0 spiro atoms. The number of nitrogens with one attached hydrogen (secondary N) is 1. The third kappa shape index (κ3) is 4.33. The van der Waals surface area contributed by atoms with E-state index in [0.717, 1.165) is 60.6 Å². The summed E-state index contributed by atoms with van der Waals surface area (Å²) in [6.45, 7) is 4.26. The van der Waals surface area contributed by atoms with E-state index in [1.54, 1.807) is 10.9 Å². The van der Waals surface area contributed by atoms with Gasteiger partial charge in [-0.15, -0.1) is 5.10 Å². The Morgan fingerprint density at radius 2 is 2.00 bits per heavy atom. The summed E-state index contributed by atoms with van der Waals surface area (Å²) < 4.78 is 20.0. The highest BCUT2D eigenvalue weighted by molar-refractivity contribution is 5.59. The fourth-order valence-corrected chi connectivity index (χ4v) is 5.98. The second-order valence-corrected chi connectivity index (χ2v) is 10.8. The second-order valence-electron chi connectivity index (χ2n) is 10.8. The molecule has 5 aromatic rings. The minimum absolute atomic E-state index is 0.484. The Labute approximate surface area is 214 Å². The average Bonchev–Trinajstić information content (AvgIpc) is 3.68. The van der Waals surface area contributed by atoms with Crippen LogP contribution < -0.4 is 5.32 Å². The van der Waals surface area contributed by atoms with Crippen LogP contribution >= 0.6 is 0 Å². The molecule has 3 aliphatic rings. The van der Waals surface area contributed by atoms with Gasteiger partial charge in [-0.25, -0.2) is 14.1 Å². The van der Waals surface area contributed by atoms with Gasteiger partial charge in [-0.3, -0.25) is 4.98 Å². The number of imidazole rings is 1. The van der Waals surface area contributed by atoms with Crippen molar-refractivity contribution in [3.05, 3.63) is 84.5 Å². The predicted molar refractivity (Wildman–Crippen MR) is 138 cm³/mol. The largest absolute Gasteiger partial charge is 0.322 e. The minimum Gasteiger partial charge on any atom is -0.322 e. The first-order chi connectivity index (χ1) is 18.0. The number of hydrogen-bond donors (Lipinski definition) is 1. The maximum atomic E-state index is 14.1. The molecular formula is C28H29FN8. The summed E-state index contributed by atoms with van der Waals surface area (Å²) in [6.07, 6.45) is 16.1. The number of nitrogens with zero attached hydrogens (tertiary/aromatic N) is 7. The van der Waals surface area contributed by atoms with Crippen molar-refractivity contribution in [3.63, 3.8) is 0 Å². The lowest BCUT2D eigenvalue weighted by molar-refractivity contribution is 0.0738. The first-order valence-corrected chi connectivity index (χ1v) is 12.9. The van der Waals surface area contributed by atoms with E-state index in [9.17, 15) is 4.39 Å². The van der Waals surface area contributed by atoms with Crippen LogP contribution in [0.2, 0.25) is 0 Å². The van der Waals surface area contributed by atoms with Crippen LogP contribution in [0.25, 0.3) is 22.6 Å². The number of fused-ring (bicyclic) bond motifs is 2. The van der Waals surface area contributed by atoms with Gasteiger partial charge in [-0.2, -0.15) is 0 Å². The molecule has 0 saturated heterocycles. The predicted octanol–water partition coefficient (Wildman–Crippen LogP) is 4.36. The Kier molecular flexibility index (Phi) is 5.21. The summed E-state index contributed by atoms with van der Waals surface area (Å²) in [5.74, 6) is 1.06. The van der Waals surface area contributed by atoms with Crippen molar-refractivity contribution >= 4 is 5.65 Å². The number of alkyl halides is 1. The molecule has 8 nitrogen and oxygen atoms in total. The molecule has 0 aromatic carbocycles. The summed E-state index contributed by atoms with van der Waals surface area (Å²) >= 11 is 0. The summed E-state index contributed by atoms with van der Waals surface area (Å²) in [6, 6.07) is 8.27. The van der Waals surface area contributed by atoms with Crippen LogP contribution in [-0.4, -0.2) is 46.1 Å². The zero-order chi connectivity index (χ0) is 25.0. The SMILES string of the molecule is Cc1ccn(-c2cncc(-c3cn(Cc4cn5cc(CNCC6CC7(F)CC6C7)ccc5n4)nn3)c2)c1. The number of hydrogen-bond acceptors (Lipinski definition) is 5. The normalized spacial score (nSPS) is 22.5. The third-order valence-electron chi connectivity index (χ3n) is 7.87. The van der Waals surface area contributed by atoms with E-state index in [4.69, 9.17) is 4.98 Å². The molecule has 188 valence electrons. The molecule has 3 saturated carbocycles. The van der Waals surface area contributed by atoms with Crippen LogP contribution in [-0.2, 0) is 13.1 Å². The fourth-order valence-electron chi connectivity index (χ4n) is 5.98. The molecule has 0 aliphatic heterocycles. The molecule has 37 heavy (non-hydrogen) atoms. The Morgan fingerprint density at radius 3 is 2.81 bits per heavy atom.